The fourth-order valence-electron chi connectivity index (χ4n) is 6.98. The Morgan fingerprint density at radius 3 is 1.19 bits per heavy atom. The minimum absolute atomic E-state index is 0.817. The predicted molar refractivity (Wildman–Crippen MR) is 169 cm³/mol. The van der Waals surface area contributed by atoms with Gasteiger partial charge in [-0.3, -0.25) is 0 Å². The quantitative estimate of drug-likeness (QED) is 0.184. The number of rotatable bonds is 0. The molecule has 0 amide bonds. The molecule has 0 saturated heterocycles. The van der Waals surface area contributed by atoms with Crippen molar-refractivity contribution in [2.75, 3.05) is 0 Å². The Labute approximate surface area is 243 Å². The van der Waals surface area contributed by atoms with Crippen LogP contribution in [0.15, 0.2) is 134 Å². The Bertz CT molecular complexity index is 2000. The lowest BCUT2D eigenvalue weighted by Crippen LogP contribution is -2.34. The molecule has 4 nitrogen and oxygen atoms in total. The monoisotopic (exact) mass is 542 g/mol. The van der Waals surface area contributed by atoms with Crippen molar-refractivity contribution in [3.63, 3.8) is 0 Å². The molecule has 6 aromatic carbocycles. The van der Waals surface area contributed by atoms with Gasteiger partial charge in [-0.05, 0) is 70.1 Å². The van der Waals surface area contributed by atoms with Crippen LogP contribution in [0.25, 0.3) is 43.6 Å². The van der Waals surface area contributed by atoms with Crippen molar-refractivity contribution < 1.29 is 9.13 Å². The molecule has 0 spiro atoms. The zero-order valence-corrected chi connectivity index (χ0v) is 23.3. The van der Waals surface area contributed by atoms with Crippen molar-refractivity contribution in [2.45, 2.75) is 26.2 Å². The first-order valence-corrected chi connectivity index (χ1v) is 14.7. The van der Waals surface area contributed by atoms with Gasteiger partial charge in [-0.1, -0.05) is 72.8 Å². The largest absolute Gasteiger partial charge is 0.245 e. The Kier molecular flexibility index (Phi) is 5.12. The standard InChI is InChI=1S/C38H30N4/c1-2-10-28-18-32-22-40-26-42(38-16-8-7-15-37(38)40)24-34-20-30-12-4-3-11-29(30)19-33(34)23-41-25-39(21-31(32)17-27(28)9-1)35-13-5-6-14-36(35)41/h1-20,25-26H,21-24H2/q+2. The maximum Gasteiger partial charge on any atom is 0.245 e. The number of imidazole rings is 2. The lowest BCUT2D eigenvalue weighted by molar-refractivity contribution is -0.664. The molecule has 0 atom stereocenters. The third kappa shape index (κ3) is 3.76. The molecule has 1 aliphatic rings. The molecule has 1 aliphatic heterocycles. The number of nitrogens with zero attached hydrogens (tertiary/aromatic N) is 4. The SMILES string of the molecule is c1ccc2cc3c(cc2c1)Cn1c[n+](c2ccccc21)Cc1cc2ccccc2cc1Cn1c[n+](c2ccccc21)C3. The molecule has 3 heterocycles. The zero-order valence-electron chi connectivity index (χ0n) is 23.3. The Morgan fingerprint density at radius 1 is 0.405 bits per heavy atom. The number of fused-ring (bicyclic) bond motifs is 14. The minimum atomic E-state index is 0.817. The molecular weight excluding hydrogens is 512 g/mol. The number of para-hydroxylation sites is 4. The van der Waals surface area contributed by atoms with Crippen molar-refractivity contribution in [3.8, 4) is 0 Å². The normalized spacial score (nSPS) is 13.3. The van der Waals surface area contributed by atoms with Crippen LogP contribution in [0.5, 0.6) is 0 Å². The maximum atomic E-state index is 2.43. The molecule has 200 valence electrons. The van der Waals surface area contributed by atoms with Crippen LogP contribution in [-0.2, 0) is 26.2 Å². The second-order valence-electron chi connectivity index (χ2n) is 11.7. The Hall–Kier alpha value is -5.22. The number of hydrogen-bond donors (Lipinski definition) is 0. The summed E-state index contributed by atoms with van der Waals surface area (Å²) in [6.07, 6.45) is 4.65. The summed E-state index contributed by atoms with van der Waals surface area (Å²) in [4.78, 5) is 0. The van der Waals surface area contributed by atoms with E-state index in [4.69, 9.17) is 0 Å². The second kappa shape index (κ2) is 9.15. The molecule has 2 aromatic heterocycles. The predicted octanol–water partition coefficient (Wildman–Crippen LogP) is 6.98. The number of benzene rings is 6. The number of hydrogen-bond acceptors (Lipinski definition) is 0. The van der Waals surface area contributed by atoms with Gasteiger partial charge in [-0.25, -0.2) is 18.3 Å². The Morgan fingerprint density at radius 2 is 0.762 bits per heavy atom. The highest BCUT2D eigenvalue weighted by Gasteiger charge is 2.23. The van der Waals surface area contributed by atoms with Gasteiger partial charge in [0, 0.05) is 22.3 Å². The van der Waals surface area contributed by atoms with E-state index in [1.54, 1.807) is 0 Å². The third-order valence-electron chi connectivity index (χ3n) is 9.06. The summed E-state index contributed by atoms with van der Waals surface area (Å²) < 4.78 is 9.74. The highest BCUT2D eigenvalue weighted by Crippen LogP contribution is 2.26. The number of aromatic nitrogens is 4. The molecule has 9 rings (SSSR count). The van der Waals surface area contributed by atoms with E-state index < -0.39 is 0 Å². The van der Waals surface area contributed by atoms with Crippen LogP contribution in [0.2, 0.25) is 0 Å². The second-order valence-corrected chi connectivity index (χ2v) is 11.7. The van der Waals surface area contributed by atoms with Crippen LogP contribution in [0.3, 0.4) is 0 Å². The van der Waals surface area contributed by atoms with Crippen LogP contribution in [0, 0.1) is 0 Å². The summed E-state index contributed by atoms with van der Waals surface area (Å²) in [6, 6.07) is 44.7. The first-order valence-electron chi connectivity index (χ1n) is 14.7. The van der Waals surface area contributed by atoms with Gasteiger partial charge in [0.2, 0.25) is 12.7 Å². The fraction of sp³-hybridized carbons (Fsp3) is 0.105. The molecule has 4 heteroatoms. The van der Waals surface area contributed by atoms with Crippen molar-refractivity contribution in [1.29, 1.82) is 0 Å². The average molecular weight is 543 g/mol. The van der Waals surface area contributed by atoms with E-state index >= 15 is 0 Å². The molecule has 8 aromatic rings. The van der Waals surface area contributed by atoms with Gasteiger partial charge in [0.05, 0.1) is 0 Å². The van der Waals surface area contributed by atoms with Crippen LogP contribution in [0.1, 0.15) is 22.3 Å². The highest BCUT2D eigenvalue weighted by molar-refractivity contribution is 5.85. The smallest absolute Gasteiger partial charge is 0.226 e. The highest BCUT2D eigenvalue weighted by atomic mass is 15.1. The molecule has 0 radical (unpaired) electrons. The van der Waals surface area contributed by atoms with Crippen molar-refractivity contribution >= 4 is 43.6 Å². The van der Waals surface area contributed by atoms with Crippen molar-refractivity contribution in [1.82, 2.24) is 9.13 Å². The van der Waals surface area contributed by atoms with E-state index in [-0.39, 0.29) is 0 Å². The third-order valence-corrected chi connectivity index (χ3v) is 9.06. The van der Waals surface area contributed by atoms with Gasteiger partial charge in [0.1, 0.15) is 26.2 Å². The van der Waals surface area contributed by atoms with Crippen molar-refractivity contribution in [3.05, 3.63) is 156 Å². The van der Waals surface area contributed by atoms with Gasteiger partial charge in [-0.2, -0.15) is 0 Å². The maximum absolute atomic E-state index is 2.43. The van der Waals surface area contributed by atoms with E-state index in [9.17, 15) is 0 Å². The molecular formula is C38H30N4+2. The zero-order chi connectivity index (χ0) is 27.6. The van der Waals surface area contributed by atoms with E-state index in [1.165, 1.54) is 65.9 Å². The lowest BCUT2D eigenvalue weighted by Gasteiger charge is -2.11. The van der Waals surface area contributed by atoms with Gasteiger partial charge in [0.15, 0.2) is 22.1 Å². The summed E-state index contributed by atoms with van der Waals surface area (Å²) in [5.74, 6) is 0. The topological polar surface area (TPSA) is 17.6 Å². The molecule has 0 saturated carbocycles. The summed E-state index contributed by atoms with van der Waals surface area (Å²) in [7, 11) is 0. The van der Waals surface area contributed by atoms with E-state index in [0.29, 0.717) is 0 Å². The van der Waals surface area contributed by atoms with E-state index in [0.717, 1.165) is 26.2 Å². The lowest BCUT2D eigenvalue weighted by atomic mass is 10.0. The Balaban J connectivity index is 1.33. The van der Waals surface area contributed by atoms with Gasteiger partial charge < -0.3 is 0 Å². The molecule has 0 aliphatic carbocycles. The van der Waals surface area contributed by atoms with Gasteiger partial charge in [-0.15, -0.1) is 0 Å². The summed E-state index contributed by atoms with van der Waals surface area (Å²) in [5, 5.41) is 5.15. The molecule has 4 bridgehead atoms. The fourth-order valence-corrected chi connectivity index (χ4v) is 6.98. The average Bonchev–Trinajstić information content (AvgIpc) is 3.54. The first kappa shape index (κ1) is 23.5. The first-order chi connectivity index (χ1) is 20.8. The molecule has 0 unspecified atom stereocenters. The minimum Gasteiger partial charge on any atom is -0.226 e. The summed E-state index contributed by atoms with van der Waals surface area (Å²) >= 11 is 0. The van der Waals surface area contributed by atoms with E-state index in [1.807, 2.05) is 0 Å². The summed E-state index contributed by atoms with van der Waals surface area (Å²) in [5.41, 5.74) is 10.5. The van der Waals surface area contributed by atoms with Crippen LogP contribution in [-0.4, -0.2) is 9.13 Å². The van der Waals surface area contributed by atoms with E-state index in [2.05, 4.69) is 152 Å². The van der Waals surface area contributed by atoms with Crippen molar-refractivity contribution in [2.24, 2.45) is 0 Å². The summed E-state index contributed by atoms with van der Waals surface area (Å²) in [6.45, 7) is 3.27. The molecule has 0 fully saturated rings. The molecule has 0 N–H and O–H groups in total. The molecule has 42 heavy (non-hydrogen) atoms. The van der Waals surface area contributed by atoms with Crippen LogP contribution < -0.4 is 9.13 Å². The van der Waals surface area contributed by atoms with Gasteiger partial charge in [0.25, 0.3) is 0 Å². The van der Waals surface area contributed by atoms with Crippen LogP contribution in [0.4, 0.5) is 0 Å². The van der Waals surface area contributed by atoms with Gasteiger partial charge >= 0.3 is 0 Å². The van der Waals surface area contributed by atoms with Crippen LogP contribution >= 0.6 is 0 Å².